The number of aromatic nitrogens is 2. The largest absolute Gasteiger partial charge is 0.461 e. The highest BCUT2D eigenvalue weighted by Gasteiger charge is 2.24. The molecule has 0 unspecified atom stereocenters. The number of hydrogen-bond acceptors (Lipinski definition) is 5. The van der Waals surface area contributed by atoms with Gasteiger partial charge in [-0.3, -0.25) is 4.79 Å². The number of rotatable bonds is 6. The minimum absolute atomic E-state index is 0.165. The molecule has 2 N–H and O–H groups in total. The van der Waals surface area contributed by atoms with Gasteiger partial charge in [0.05, 0.1) is 11.8 Å². The topological polar surface area (TPSA) is 80.1 Å². The zero-order valence-corrected chi connectivity index (χ0v) is 14.8. The van der Waals surface area contributed by atoms with Crippen molar-refractivity contribution in [3.63, 3.8) is 0 Å². The molecule has 1 saturated carbocycles. The summed E-state index contributed by atoms with van der Waals surface area (Å²) in [6.07, 6.45) is 4.81. The van der Waals surface area contributed by atoms with Crippen molar-refractivity contribution >= 4 is 22.6 Å². The van der Waals surface area contributed by atoms with Crippen LogP contribution in [0.5, 0.6) is 0 Å². The Morgan fingerprint density at radius 3 is 2.85 bits per heavy atom. The van der Waals surface area contributed by atoms with Crippen LogP contribution in [0.25, 0.3) is 22.5 Å². The first-order valence-electron chi connectivity index (χ1n) is 9.04. The molecular formula is C20H22N4O2. The van der Waals surface area contributed by atoms with E-state index in [1.54, 1.807) is 6.26 Å². The zero-order chi connectivity index (χ0) is 17.9. The van der Waals surface area contributed by atoms with Crippen molar-refractivity contribution in [3.8, 4) is 11.6 Å². The Kier molecular flexibility index (Phi) is 4.56. The molecule has 4 rings (SSSR count). The second-order valence-corrected chi connectivity index (χ2v) is 6.74. The molecule has 0 atom stereocenters. The van der Waals surface area contributed by atoms with Gasteiger partial charge in [-0.15, -0.1) is 0 Å². The van der Waals surface area contributed by atoms with Gasteiger partial charge in [-0.2, -0.15) is 0 Å². The molecule has 6 heteroatoms. The fraction of sp³-hybridized carbons (Fsp3) is 0.350. The standard InChI is InChI=1S/C20H22N4O2/c1-13-7-8-16-15(12-13)18(24-19(23-16)17-6-3-11-26-17)21-9-10-22-20(25)14-4-2-5-14/h3,6-8,11-12,14H,2,4-5,9-10H2,1H3,(H,22,25)(H,21,23,24). The molecule has 0 saturated heterocycles. The lowest BCUT2D eigenvalue weighted by atomic mass is 9.85. The van der Waals surface area contributed by atoms with E-state index in [9.17, 15) is 4.79 Å². The summed E-state index contributed by atoms with van der Waals surface area (Å²) < 4.78 is 5.44. The second-order valence-electron chi connectivity index (χ2n) is 6.74. The molecule has 6 nitrogen and oxygen atoms in total. The van der Waals surface area contributed by atoms with Crippen LogP contribution in [0.1, 0.15) is 24.8 Å². The van der Waals surface area contributed by atoms with Gasteiger partial charge in [-0.25, -0.2) is 9.97 Å². The van der Waals surface area contributed by atoms with Crippen molar-refractivity contribution in [2.75, 3.05) is 18.4 Å². The van der Waals surface area contributed by atoms with Crippen LogP contribution in [0.15, 0.2) is 41.0 Å². The van der Waals surface area contributed by atoms with Crippen LogP contribution in [0, 0.1) is 12.8 Å². The number of amides is 1. The van der Waals surface area contributed by atoms with Gasteiger partial charge >= 0.3 is 0 Å². The fourth-order valence-electron chi connectivity index (χ4n) is 3.07. The van der Waals surface area contributed by atoms with E-state index < -0.39 is 0 Å². The zero-order valence-electron chi connectivity index (χ0n) is 14.8. The monoisotopic (exact) mass is 350 g/mol. The lowest BCUT2D eigenvalue weighted by molar-refractivity contribution is -0.127. The highest BCUT2D eigenvalue weighted by atomic mass is 16.3. The number of furan rings is 1. The van der Waals surface area contributed by atoms with Crippen LogP contribution >= 0.6 is 0 Å². The lowest BCUT2D eigenvalue weighted by Gasteiger charge is -2.24. The molecule has 0 radical (unpaired) electrons. The Morgan fingerprint density at radius 2 is 2.12 bits per heavy atom. The minimum atomic E-state index is 0.165. The SMILES string of the molecule is Cc1ccc2nc(-c3ccco3)nc(NCCNC(=O)C3CCC3)c2c1. The number of nitrogens with zero attached hydrogens (tertiary/aromatic N) is 2. The average molecular weight is 350 g/mol. The summed E-state index contributed by atoms with van der Waals surface area (Å²) in [6, 6.07) is 9.75. The van der Waals surface area contributed by atoms with Crippen molar-refractivity contribution < 1.29 is 9.21 Å². The number of nitrogens with one attached hydrogen (secondary N) is 2. The number of anilines is 1. The third-order valence-corrected chi connectivity index (χ3v) is 4.79. The second kappa shape index (κ2) is 7.15. The number of aryl methyl sites for hydroxylation is 1. The van der Waals surface area contributed by atoms with Gasteiger partial charge in [0.1, 0.15) is 5.82 Å². The first-order valence-corrected chi connectivity index (χ1v) is 9.04. The summed E-state index contributed by atoms with van der Waals surface area (Å²) in [5.74, 6) is 2.31. The maximum absolute atomic E-state index is 11.9. The Balaban J connectivity index is 1.52. The van der Waals surface area contributed by atoms with E-state index in [-0.39, 0.29) is 11.8 Å². The van der Waals surface area contributed by atoms with Gasteiger partial charge in [0, 0.05) is 24.4 Å². The summed E-state index contributed by atoms with van der Waals surface area (Å²) in [6.45, 7) is 3.22. The summed E-state index contributed by atoms with van der Waals surface area (Å²) in [5.41, 5.74) is 2.01. The number of carbonyl (C=O) groups excluding carboxylic acids is 1. The quantitative estimate of drug-likeness (QED) is 0.665. The molecule has 0 aliphatic heterocycles. The van der Waals surface area contributed by atoms with Gasteiger partial charge in [0.15, 0.2) is 11.6 Å². The summed E-state index contributed by atoms with van der Waals surface area (Å²) in [5, 5.41) is 7.30. The number of fused-ring (bicyclic) bond motifs is 1. The maximum atomic E-state index is 11.9. The smallest absolute Gasteiger partial charge is 0.223 e. The molecule has 2 heterocycles. The Bertz CT molecular complexity index is 917. The van der Waals surface area contributed by atoms with Crippen LogP contribution in [0.4, 0.5) is 5.82 Å². The molecule has 1 aliphatic rings. The van der Waals surface area contributed by atoms with Crippen molar-refractivity contribution in [1.82, 2.24) is 15.3 Å². The average Bonchev–Trinajstić information content (AvgIpc) is 3.11. The fourth-order valence-corrected chi connectivity index (χ4v) is 3.07. The number of benzene rings is 1. The van der Waals surface area contributed by atoms with E-state index in [0.717, 1.165) is 41.5 Å². The molecule has 1 aliphatic carbocycles. The summed E-state index contributed by atoms with van der Waals surface area (Å²) in [7, 11) is 0. The van der Waals surface area contributed by atoms with Crippen molar-refractivity contribution in [2.45, 2.75) is 26.2 Å². The van der Waals surface area contributed by atoms with E-state index in [0.29, 0.717) is 24.7 Å². The molecule has 0 bridgehead atoms. The van der Waals surface area contributed by atoms with Crippen molar-refractivity contribution in [1.29, 1.82) is 0 Å². The van der Waals surface area contributed by atoms with Crippen LogP contribution in [0.3, 0.4) is 0 Å². The first-order chi connectivity index (χ1) is 12.7. The lowest BCUT2D eigenvalue weighted by Crippen LogP contribution is -2.36. The molecule has 2 aromatic heterocycles. The van der Waals surface area contributed by atoms with Gasteiger partial charge in [-0.05, 0) is 44.0 Å². The van der Waals surface area contributed by atoms with Crippen LogP contribution in [-0.4, -0.2) is 29.0 Å². The van der Waals surface area contributed by atoms with E-state index in [1.807, 2.05) is 31.2 Å². The molecule has 1 aromatic carbocycles. The first kappa shape index (κ1) is 16.6. The van der Waals surface area contributed by atoms with Gasteiger partial charge in [-0.1, -0.05) is 18.1 Å². The van der Waals surface area contributed by atoms with Gasteiger partial charge < -0.3 is 15.1 Å². The predicted octanol–water partition coefficient (Wildman–Crippen LogP) is 3.53. The Morgan fingerprint density at radius 1 is 1.23 bits per heavy atom. The highest BCUT2D eigenvalue weighted by molar-refractivity contribution is 5.91. The Labute approximate surface area is 152 Å². The van der Waals surface area contributed by atoms with Crippen molar-refractivity contribution in [3.05, 3.63) is 42.2 Å². The van der Waals surface area contributed by atoms with Crippen LogP contribution in [0.2, 0.25) is 0 Å². The van der Waals surface area contributed by atoms with E-state index in [2.05, 4.69) is 26.7 Å². The van der Waals surface area contributed by atoms with E-state index in [1.165, 1.54) is 0 Å². The molecule has 1 fully saturated rings. The molecule has 3 aromatic rings. The van der Waals surface area contributed by atoms with Crippen molar-refractivity contribution in [2.24, 2.45) is 5.92 Å². The predicted molar refractivity (Wildman–Crippen MR) is 101 cm³/mol. The molecule has 134 valence electrons. The third kappa shape index (κ3) is 3.40. The minimum Gasteiger partial charge on any atom is -0.461 e. The van der Waals surface area contributed by atoms with Crippen LogP contribution < -0.4 is 10.6 Å². The molecular weight excluding hydrogens is 328 g/mol. The van der Waals surface area contributed by atoms with E-state index >= 15 is 0 Å². The summed E-state index contributed by atoms with van der Waals surface area (Å²) in [4.78, 5) is 21.2. The van der Waals surface area contributed by atoms with Crippen LogP contribution in [-0.2, 0) is 4.79 Å². The summed E-state index contributed by atoms with van der Waals surface area (Å²) >= 11 is 0. The molecule has 0 spiro atoms. The van der Waals surface area contributed by atoms with Gasteiger partial charge in [0.2, 0.25) is 5.91 Å². The van der Waals surface area contributed by atoms with Gasteiger partial charge in [0.25, 0.3) is 0 Å². The normalized spacial score (nSPS) is 14.2. The molecule has 26 heavy (non-hydrogen) atoms. The van der Waals surface area contributed by atoms with E-state index in [4.69, 9.17) is 4.42 Å². The molecule has 1 amide bonds. The number of hydrogen-bond donors (Lipinski definition) is 2. The Hall–Kier alpha value is -2.89. The number of carbonyl (C=O) groups is 1. The maximum Gasteiger partial charge on any atom is 0.223 e. The third-order valence-electron chi connectivity index (χ3n) is 4.79. The highest BCUT2D eigenvalue weighted by Crippen LogP contribution is 2.27.